The fourth-order valence-corrected chi connectivity index (χ4v) is 3.65. The van der Waals surface area contributed by atoms with Crippen molar-refractivity contribution in [2.24, 2.45) is 5.92 Å². The number of piperidine rings is 1. The van der Waals surface area contributed by atoms with Crippen molar-refractivity contribution < 1.29 is 19.1 Å². The van der Waals surface area contributed by atoms with Crippen LogP contribution in [0.15, 0.2) is 18.2 Å². The Labute approximate surface area is 155 Å². The number of ketones is 1. The van der Waals surface area contributed by atoms with E-state index in [1.165, 1.54) is 0 Å². The van der Waals surface area contributed by atoms with E-state index in [1.807, 2.05) is 30.9 Å². The van der Waals surface area contributed by atoms with Crippen LogP contribution in [0.25, 0.3) is 0 Å². The number of carbonyl (C=O) groups excluding carboxylic acids is 2. The maximum Gasteiger partial charge on any atom is 0.236 e. The minimum Gasteiger partial charge on any atom is -0.486 e. The number of benzene rings is 1. The number of hydrogen-bond donors (Lipinski definition) is 0. The lowest BCUT2D eigenvalue weighted by atomic mass is 9.88. The molecule has 1 aromatic carbocycles. The first kappa shape index (κ1) is 18.7. The number of hydrogen-bond acceptors (Lipinski definition) is 5. The van der Waals surface area contributed by atoms with Gasteiger partial charge >= 0.3 is 0 Å². The second kappa shape index (κ2) is 8.54. The standard InChI is InChI=1S/C20H28N2O4/c1-3-22(4-2)19(23)14-21-9-7-15(8-10-21)20(24)16-5-6-17-18(13-16)26-12-11-25-17/h5-6,13,15H,3-4,7-12,14H2,1-2H3. The van der Waals surface area contributed by atoms with Crippen molar-refractivity contribution in [1.29, 1.82) is 0 Å². The lowest BCUT2D eigenvalue weighted by molar-refractivity contribution is -0.132. The van der Waals surface area contributed by atoms with Gasteiger partial charge in [0.2, 0.25) is 5.91 Å². The predicted octanol–water partition coefficient (Wildman–Crippen LogP) is 2.22. The molecule has 0 radical (unpaired) electrons. The molecule has 0 N–H and O–H groups in total. The molecule has 6 heteroatoms. The second-order valence-corrected chi connectivity index (χ2v) is 6.84. The lowest BCUT2D eigenvalue weighted by Crippen LogP contribution is -2.44. The van der Waals surface area contributed by atoms with Gasteiger partial charge < -0.3 is 14.4 Å². The molecular weight excluding hydrogens is 332 g/mol. The largest absolute Gasteiger partial charge is 0.486 e. The summed E-state index contributed by atoms with van der Waals surface area (Å²) < 4.78 is 11.1. The Balaban J connectivity index is 1.54. The molecule has 0 atom stereocenters. The zero-order valence-electron chi connectivity index (χ0n) is 15.7. The highest BCUT2D eigenvalue weighted by atomic mass is 16.6. The lowest BCUT2D eigenvalue weighted by Gasteiger charge is -2.32. The predicted molar refractivity (Wildman–Crippen MR) is 98.9 cm³/mol. The highest BCUT2D eigenvalue weighted by Gasteiger charge is 2.28. The van der Waals surface area contributed by atoms with Crippen LogP contribution in [0.1, 0.15) is 37.0 Å². The number of carbonyl (C=O) groups is 2. The van der Waals surface area contributed by atoms with Crippen molar-refractivity contribution in [2.75, 3.05) is 45.9 Å². The Morgan fingerprint density at radius 1 is 1.08 bits per heavy atom. The zero-order chi connectivity index (χ0) is 18.5. The van der Waals surface area contributed by atoms with Crippen molar-refractivity contribution in [3.05, 3.63) is 23.8 Å². The Kier molecular flexibility index (Phi) is 6.14. The summed E-state index contributed by atoms with van der Waals surface area (Å²) >= 11 is 0. The maximum atomic E-state index is 12.8. The molecule has 1 fully saturated rings. The van der Waals surface area contributed by atoms with Crippen molar-refractivity contribution in [1.82, 2.24) is 9.80 Å². The van der Waals surface area contributed by atoms with Crippen LogP contribution in [0.4, 0.5) is 0 Å². The molecule has 1 saturated heterocycles. The fraction of sp³-hybridized carbons (Fsp3) is 0.600. The van der Waals surface area contributed by atoms with E-state index in [-0.39, 0.29) is 17.6 Å². The summed E-state index contributed by atoms with van der Waals surface area (Å²) in [6, 6.07) is 5.44. The molecule has 2 aliphatic rings. The molecular formula is C20H28N2O4. The van der Waals surface area contributed by atoms with Gasteiger partial charge in [0.25, 0.3) is 0 Å². The Morgan fingerprint density at radius 2 is 1.73 bits per heavy atom. The van der Waals surface area contributed by atoms with Crippen molar-refractivity contribution in [3.63, 3.8) is 0 Å². The van der Waals surface area contributed by atoms with E-state index in [9.17, 15) is 9.59 Å². The quantitative estimate of drug-likeness (QED) is 0.728. The first-order chi connectivity index (χ1) is 12.6. The van der Waals surface area contributed by atoms with Crippen LogP contribution in [0.3, 0.4) is 0 Å². The van der Waals surface area contributed by atoms with Crippen molar-refractivity contribution >= 4 is 11.7 Å². The summed E-state index contributed by atoms with van der Waals surface area (Å²) in [6.45, 7) is 8.57. The van der Waals surface area contributed by atoms with Gasteiger partial charge in [0.15, 0.2) is 17.3 Å². The Hall–Kier alpha value is -2.08. The molecule has 2 heterocycles. The SMILES string of the molecule is CCN(CC)C(=O)CN1CCC(C(=O)c2ccc3c(c2)OCCO3)CC1. The number of fused-ring (bicyclic) bond motifs is 1. The van der Waals surface area contributed by atoms with E-state index in [2.05, 4.69) is 4.90 Å². The minimum absolute atomic E-state index is 0.0114. The number of rotatable bonds is 6. The average molecular weight is 360 g/mol. The summed E-state index contributed by atoms with van der Waals surface area (Å²) in [5.74, 6) is 1.71. The van der Waals surface area contributed by atoms with E-state index in [4.69, 9.17) is 9.47 Å². The molecule has 142 valence electrons. The molecule has 1 amide bonds. The van der Waals surface area contributed by atoms with Gasteiger partial charge in [-0.1, -0.05) is 0 Å². The van der Waals surface area contributed by atoms with Crippen molar-refractivity contribution in [3.8, 4) is 11.5 Å². The van der Waals surface area contributed by atoms with Crippen molar-refractivity contribution in [2.45, 2.75) is 26.7 Å². The molecule has 0 saturated carbocycles. The van der Waals surface area contributed by atoms with Gasteiger partial charge in [0, 0.05) is 24.6 Å². The van der Waals surface area contributed by atoms with E-state index in [0.29, 0.717) is 36.8 Å². The Bertz CT molecular complexity index is 649. The number of Topliss-reactive ketones (excluding diaryl/α,β-unsaturated/α-hetero) is 1. The molecule has 1 aromatic rings. The van der Waals surface area contributed by atoms with E-state index >= 15 is 0 Å². The van der Waals surface area contributed by atoms with Gasteiger partial charge in [-0.25, -0.2) is 0 Å². The molecule has 3 rings (SSSR count). The first-order valence-electron chi connectivity index (χ1n) is 9.56. The second-order valence-electron chi connectivity index (χ2n) is 6.84. The maximum absolute atomic E-state index is 12.8. The molecule has 0 aromatic heterocycles. The van der Waals surface area contributed by atoms with E-state index in [1.54, 1.807) is 6.07 Å². The number of ether oxygens (including phenoxy) is 2. The van der Waals surface area contributed by atoms with Gasteiger partial charge in [0.05, 0.1) is 6.54 Å². The third-order valence-corrected chi connectivity index (χ3v) is 5.26. The Morgan fingerprint density at radius 3 is 2.38 bits per heavy atom. The molecule has 0 aliphatic carbocycles. The number of nitrogens with zero attached hydrogens (tertiary/aromatic N) is 2. The summed E-state index contributed by atoms with van der Waals surface area (Å²) in [5.41, 5.74) is 0.687. The van der Waals surface area contributed by atoms with Gasteiger partial charge in [-0.3, -0.25) is 14.5 Å². The molecule has 2 aliphatic heterocycles. The minimum atomic E-state index is 0.0114. The van der Waals surface area contributed by atoms with Crippen LogP contribution in [-0.4, -0.2) is 67.4 Å². The first-order valence-corrected chi connectivity index (χ1v) is 9.56. The summed E-state index contributed by atoms with van der Waals surface area (Å²) in [4.78, 5) is 29.1. The smallest absolute Gasteiger partial charge is 0.236 e. The van der Waals surface area contributed by atoms with Crippen LogP contribution < -0.4 is 9.47 Å². The summed E-state index contributed by atoms with van der Waals surface area (Å²) in [5, 5.41) is 0. The summed E-state index contributed by atoms with van der Waals surface area (Å²) in [7, 11) is 0. The highest BCUT2D eigenvalue weighted by Crippen LogP contribution is 2.32. The third kappa shape index (κ3) is 4.18. The molecule has 0 bridgehead atoms. The monoisotopic (exact) mass is 360 g/mol. The number of amides is 1. The van der Waals surface area contributed by atoms with Crippen LogP contribution >= 0.6 is 0 Å². The normalized spacial score (nSPS) is 17.8. The topological polar surface area (TPSA) is 59.1 Å². The number of likely N-dealkylation sites (N-methyl/N-ethyl adjacent to an activating group) is 1. The van der Waals surface area contributed by atoms with Crippen LogP contribution in [0.2, 0.25) is 0 Å². The third-order valence-electron chi connectivity index (χ3n) is 5.26. The molecule has 0 unspecified atom stereocenters. The van der Waals surface area contributed by atoms with Crippen LogP contribution in [0, 0.1) is 5.92 Å². The van der Waals surface area contributed by atoms with Gasteiger partial charge in [-0.2, -0.15) is 0 Å². The number of likely N-dealkylation sites (tertiary alicyclic amines) is 1. The fourth-order valence-electron chi connectivity index (χ4n) is 3.65. The highest BCUT2D eigenvalue weighted by molar-refractivity contribution is 5.98. The van der Waals surface area contributed by atoms with Gasteiger partial charge in [-0.05, 0) is 58.0 Å². The zero-order valence-corrected chi connectivity index (χ0v) is 15.7. The average Bonchev–Trinajstić information content (AvgIpc) is 2.68. The van der Waals surface area contributed by atoms with Gasteiger partial charge in [0.1, 0.15) is 13.2 Å². The molecule has 6 nitrogen and oxygen atoms in total. The summed E-state index contributed by atoms with van der Waals surface area (Å²) in [6.07, 6.45) is 1.58. The molecule has 26 heavy (non-hydrogen) atoms. The van der Waals surface area contributed by atoms with Gasteiger partial charge in [-0.15, -0.1) is 0 Å². The van der Waals surface area contributed by atoms with Crippen LogP contribution in [-0.2, 0) is 4.79 Å². The van der Waals surface area contributed by atoms with Crippen LogP contribution in [0.5, 0.6) is 11.5 Å². The van der Waals surface area contributed by atoms with E-state index < -0.39 is 0 Å². The molecule has 0 spiro atoms. The van der Waals surface area contributed by atoms with E-state index in [0.717, 1.165) is 39.0 Å².